The average Bonchev–Trinajstić information content (AvgIpc) is 3.35. The molecule has 0 spiro atoms. The van der Waals surface area contributed by atoms with Crippen molar-refractivity contribution in [2.75, 3.05) is 11.1 Å². The maximum atomic E-state index is 13.0. The lowest BCUT2D eigenvalue weighted by atomic mass is 9.54. The normalized spacial score (nSPS) is 22.4. The minimum Gasteiger partial charge on any atom is -0.382 e. The van der Waals surface area contributed by atoms with Crippen LogP contribution in [0.25, 0.3) is 16.8 Å². The fraction of sp³-hybridized carbons (Fsp3) is 0.321. The van der Waals surface area contributed by atoms with Gasteiger partial charge in [-0.15, -0.1) is 0 Å². The molecule has 0 aliphatic heterocycles. The first-order chi connectivity index (χ1) is 19.0. The van der Waals surface area contributed by atoms with Crippen LogP contribution in [0, 0.1) is 5.41 Å². The summed E-state index contributed by atoms with van der Waals surface area (Å²) in [5.74, 6) is 0.217. The number of nitrogens with zero attached hydrogens (tertiary/aromatic N) is 4. The molecule has 0 radical (unpaired) electrons. The molecule has 1 aromatic carbocycles. The van der Waals surface area contributed by atoms with E-state index < -0.39 is 17.6 Å². The highest BCUT2D eigenvalue weighted by Crippen LogP contribution is 2.57. The number of benzene rings is 1. The van der Waals surface area contributed by atoms with Gasteiger partial charge in [0.2, 0.25) is 0 Å². The predicted molar refractivity (Wildman–Crippen MR) is 143 cm³/mol. The number of imidazole rings is 1. The molecule has 0 atom stereocenters. The molecule has 3 aliphatic carbocycles. The third-order valence-corrected chi connectivity index (χ3v) is 8.74. The van der Waals surface area contributed by atoms with E-state index in [1.807, 2.05) is 10.6 Å². The van der Waals surface area contributed by atoms with E-state index >= 15 is 0 Å². The van der Waals surface area contributed by atoms with Crippen molar-refractivity contribution in [1.29, 1.82) is 0 Å². The van der Waals surface area contributed by atoms with Gasteiger partial charge in [0.15, 0.2) is 0 Å². The molecule has 4 aromatic rings. The molecule has 0 saturated heterocycles. The third kappa shape index (κ3) is 4.28. The maximum Gasteiger partial charge on any atom is 0.416 e. The summed E-state index contributed by atoms with van der Waals surface area (Å²) in [5, 5.41) is 2.60. The zero-order valence-electron chi connectivity index (χ0n) is 21.1. The number of carbonyl (C=O) groups excluding carboxylic acids is 2. The molecule has 3 fully saturated rings. The van der Waals surface area contributed by atoms with Gasteiger partial charge in [0.1, 0.15) is 35.0 Å². The van der Waals surface area contributed by atoms with Crippen molar-refractivity contribution in [3.63, 3.8) is 0 Å². The van der Waals surface area contributed by atoms with Gasteiger partial charge in [0.05, 0.1) is 10.6 Å². The Balaban J connectivity index is 1.35. The van der Waals surface area contributed by atoms with Crippen molar-refractivity contribution >= 4 is 40.9 Å². The molecule has 8 nitrogen and oxygen atoms in total. The number of hydrogen-bond donors (Lipinski definition) is 2. The van der Waals surface area contributed by atoms with Crippen LogP contribution in [0.5, 0.6) is 0 Å². The van der Waals surface area contributed by atoms with E-state index in [1.165, 1.54) is 12.1 Å². The first-order valence-corrected chi connectivity index (χ1v) is 13.2. The molecule has 3 aromatic heterocycles. The molecule has 3 aliphatic rings. The first kappa shape index (κ1) is 26.2. The minimum absolute atomic E-state index is 0.131. The van der Waals surface area contributed by atoms with Crippen LogP contribution in [0.15, 0.2) is 48.9 Å². The van der Waals surface area contributed by atoms with E-state index in [9.17, 15) is 22.8 Å². The Hall–Kier alpha value is -3.99. The molecule has 2 bridgehead atoms. The Bertz CT molecular complexity index is 1640. The molecule has 3 heterocycles. The molecule has 206 valence electrons. The van der Waals surface area contributed by atoms with Gasteiger partial charge in [-0.25, -0.2) is 15.0 Å². The van der Waals surface area contributed by atoms with E-state index in [0.29, 0.717) is 16.8 Å². The number of hydrogen-bond acceptors (Lipinski definition) is 6. The Morgan fingerprint density at radius 2 is 1.77 bits per heavy atom. The van der Waals surface area contributed by atoms with E-state index in [-0.39, 0.29) is 33.1 Å². The van der Waals surface area contributed by atoms with Crippen molar-refractivity contribution < 1.29 is 22.8 Å². The number of nitrogen functional groups attached to an aromatic ring is 1. The largest absolute Gasteiger partial charge is 0.416 e. The Morgan fingerprint density at radius 3 is 2.42 bits per heavy atom. The second-order valence-corrected chi connectivity index (χ2v) is 11.1. The average molecular weight is 569 g/mol. The number of halogens is 4. The molecule has 3 saturated carbocycles. The van der Waals surface area contributed by atoms with Gasteiger partial charge in [-0.3, -0.25) is 9.20 Å². The number of rotatable bonds is 5. The highest BCUT2D eigenvalue weighted by Gasteiger charge is 2.51. The number of aromatic nitrogens is 4. The van der Waals surface area contributed by atoms with Crippen molar-refractivity contribution in [3.8, 4) is 11.3 Å². The van der Waals surface area contributed by atoms with Crippen LogP contribution in [0.1, 0.15) is 60.3 Å². The summed E-state index contributed by atoms with van der Waals surface area (Å²) in [5.41, 5.74) is 6.73. The summed E-state index contributed by atoms with van der Waals surface area (Å²) >= 11 is 6.66. The summed E-state index contributed by atoms with van der Waals surface area (Å²) in [6.45, 7) is 0. The van der Waals surface area contributed by atoms with Gasteiger partial charge < -0.3 is 15.8 Å². The van der Waals surface area contributed by atoms with E-state index in [2.05, 4.69) is 15.3 Å². The highest BCUT2D eigenvalue weighted by atomic mass is 35.5. The molecule has 0 unspecified atom stereocenters. The van der Waals surface area contributed by atoms with Crippen LogP contribution in [0.3, 0.4) is 0 Å². The fourth-order valence-corrected chi connectivity index (χ4v) is 6.33. The number of nitrogens with two attached hydrogens (primary N) is 1. The number of nitrogens with one attached hydrogen (secondary N) is 1. The summed E-state index contributed by atoms with van der Waals surface area (Å²) < 4.78 is 41.1. The van der Waals surface area contributed by atoms with Crippen molar-refractivity contribution in [3.05, 3.63) is 70.9 Å². The van der Waals surface area contributed by atoms with Gasteiger partial charge >= 0.3 is 6.18 Å². The second kappa shape index (κ2) is 9.29. The Labute approximate surface area is 231 Å². The first-order valence-electron chi connectivity index (χ1n) is 12.8. The van der Waals surface area contributed by atoms with E-state index in [4.69, 9.17) is 22.3 Å². The number of carbonyl (C=O) groups is 2. The van der Waals surface area contributed by atoms with Crippen molar-refractivity contribution in [2.24, 2.45) is 5.41 Å². The predicted octanol–water partition coefficient (Wildman–Crippen LogP) is 6.09. The number of anilines is 2. The van der Waals surface area contributed by atoms with E-state index in [0.717, 1.165) is 69.0 Å². The number of alkyl halides is 3. The number of amides is 1. The maximum absolute atomic E-state index is 13.0. The molecule has 40 heavy (non-hydrogen) atoms. The monoisotopic (exact) mass is 568 g/mol. The van der Waals surface area contributed by atoms with Crippen LogP contribution in [0.2, 0.25) is 5.02 Å². The molecule has 12 heteroatoms. The zero-order chi connectivity index (χ0) is 28.3. The van der Waals surface area contributed by atoms with Crippen LogP contribution >= 0.6 is 11.6 Å². The lowest BCUT2D eigenvalue weighted by Crippen LogP contribution is -2.45. The van der Waals surface area contributed by atoms with Crippen LogP contribution in [0.4, 0.5) is 24.8 Å². The smallest absolute Gasteiger partial charge is 0.382 e. The summed E-state index contributed by atoms with van der Waals surface area (Å²) in [4.78, 5) is 37.7. The number of fused-ring (bicyclic) bond motifs is 4. The van der Waals surface area contributed by atoms with Crippen LogP contribution < -0.4 is 11.1 Å². The van der Waals surface area contributed by atoms with E-state index in [1.54, 1.807) is 12.3 Å². The van der Waals surface area contributed by atoms with Crippen LogP contribution in [-0.4, -0.2) is 31.5 Å². The van der Waals surface area contributed by atoms with Crippen LogP contribution in [-0.2, 0) is 16.4 Å². The molecular weight excluding hydrogens is 545 g/mol. The minimum atomic E-state index is -4.57. The zero-order valence-corrected chi connectivity index (χ0v) is 21.9. The standard InChI is InChI=1S/C28H24ClF3N6O2/c29-19-13-16(24(40)36-20-14-17(3-10-34-20)28(30,31)32)1-2-18(19)21-22-23(33)35-11-12-38(22)25(37-21)27-7-4-26(15-39,5-8-27)6-9-27/h1-3,10-15H,4-9H2,(H2,33,35)(H,34,36,40). The second-order valence-electron chi connectivity index (χ2n) is 10.7. The molecule has 7 rings (SSSR count). The van der Waals surface area contributed by atoms with Gasteiger partial charge in [-0.2, -0.15) is 13.2 Å². The third-order valence-electron chi connectivity index (χ3n) is 8.43. The lowest BCUT2D eigenvalue weighted by molar-refractivity contribution is -0.137. The summed E-state index contributed by atoms with van der Waals surface area (Å²) in [6, 6.07) is 6.16. The van der Waals surface area contributed by atoms with Crippen molar-refractivity contribution in [2.45, 2.75) is 50.1 Å². The molecule has 1 amide bonds. The number of aldehydes is 1. The summed E-state index contributed by atoms with van der Waals surface area (Å²) in [7, 11) is 0. The summed E-state index contributed by atoms with van der Waals surface area (Å²) in [6.07, 6.45) is 5.91. The highest BCUT2D eigenvalue weighted by molar-refractivity contribution is 6.34. The Kier molecular flexibility index (Phi) is 6.10. The van der Waals surface area contributed by atoms with Gasteiger partial charge in [-0.05, 0) is 62.8 Å². The van der Waals surface area contributed by atoms with Crippen molar-refractivity contribution in [1.82, 2.24) is 19.4 Å². The quantitative estimate of drug-likeness (QED) is 0.282. The fourth-order valence-electron chi connectivity index (χ4n) is 6.06. The number of pyridine rings is 1. The Morgan fingerprint density at radius 1 is 1.05 bits per heavy atom. The SMILES string of the molecule is Nc1nccn2c(C34CCC(C=O)(CC3)CC4)nc(-c3ccc(C(=O)Nc4cc(C(F)(F)F)ccn4)cc3Cl)c12. The lowest BCUT2D eigenvalue weighted by Gasteiger charge is -2.50. The van der Waals surface area contributed by atoms with Gasteiger partial charge in [-0.1, -0.05) is 17.7 Å². The molecule has 3 N–H and O–H groups in total. The van der Waals surface area contributed by atoms with Gasteiger partial charge in [0, 0.05) is 40.5 Å². The van der Waals surface area contributed by atoms with Gasteiger partial charge in [0.25, 0.3) is 5.91 Å². The molecular formula is C28H24ClF3N6O2. The topological polar surface area (TPSA) is 115 Å².